The summed E-state index contributed by atoms with van der Waals surface area (Å²) in [5, 5.41) is 0. The predicted octanol–water partition coefficient (Wildman–Crippen LogP) is -0.177. The highest BCUT2D eigenvalue weighted by atomic mass is 28.1. The van der Waals surface area contributed by atoms with Crippen LogP contribution in [0.3, 0.4) is 0 Å². The quantitative estimate of drug-likeness (QED) is 0.410. The van der Waals surface area contributed by atoms with Gasteiger partial charge in [0.25, 0.3) is 0 Å². The van der Waals surface area contributed by atoms with Crippen LogP contribution in [-0.4, -0.2) is 36.7 Å². The molecule has 3 heteroatoms. The fraction of sp³-hybridized carbons (Fsp3) is 1.00. The van der Waals surface area contributed by atoms with Crippen molar-refractivity contribution in [2.75, 3.05) is 26.4 Å². The summed E-state index contributed by atoms with van der Waals surface area (Å²) in [5.41, 5.74) is 0. The third kappa shape index (κ3) is 2.81. The van der Waals surface area contributed by atoms with E-state index in [2.05, 4.69) is 0 Å². The fourth-order valence-corrected chi connectivity index (χ4v) is 1.17. The average Bonchev–Trinajstić information content (AvgIpc) is 1.84. The van der Waals surface area contributed by atoms with Crippen molar-refractivity contribution in [2.24, 2.45) is 5.92 Å². The molecule has 0 aromatic heterocycles. The first-order valence-electron chi connectivity index (χ1n) is 4.09. The number of rotatable bonds is 5. The third-order valence-electron chi connectivity index (χ3n) is 1.70. The molecule has 0 bridgehead atoms. The topological polar surface area (TPSA) is 18.5 Å². The number of hydrogen-bond acceptors (Lipinski definition) is 2. The van der Waals surface area contributed by atoms with Crippen molar-refractivity contribution in [3.63, 3.8) is 0 Å². The second-order valence-corrected chi connectivity index (χ2v) is 3.83. The Bertz CT molecular complexity index is 83.7. The summed E-state index contributed by atoms with van der Waals surface area (Å²) in [5.74, 6) is 0.703. The van der Waals surface area contributed by atoms with Gasteiger partial charge in [-0.2, -0.15) is 0 Å². The van der Waals surface area contributed by atoms with Crippen LogP contribution in [0.2, 0.25) is 6.04 Å². The second-order valence-electron chi connectivity index (χ2n) is 2.83. The van der Waals surface area contributed by atoms with Gasteiger partial charge in [-0.25, -0.2) is 0 Å². The Hall–Kier alpha value is 0.137. The van der Waals surface area contributed by atoms with Gasteiger partial charge in [0.05, 0.1) is 19.8 Å². The van der Waals surface area contributed by atoms with Gasteiger partial charge in [-0.1, -0.05) is 6.04 Å². The van der Waals surface area contributed by atoms with Crippen molar-refractivity contribution in [1.29, 1.82) is 0 Å². The lowest BCUT2D eigenvalue weighted by molar-refractivity contribution is -0.0713. The summed E-state index contributed by atoms with van der Waals surface area (Å²) in [6.07, 6.45) is 1.25. The monoisotopic (exact) mass is 160 g/mol. The molecular formula is C7H16O2Si. The molecule has 0 aromatic carbocycles. The van der Waals surface area contributed by atoms with E-state index in [1.54, 1.807) is 0 Å². The molecule has 0 radical (unpaired) electrons. The Labute approximate surface area is 65.3 Å². The van der Waals surface area contributed by atoms with E-state index in [0.717, 1.165) is 26.4 Å². The molecule has 1 rings (SSSR count). The van der Waals surface area contributed by atoms with Crippen LogP contribution in [0.5, 0.6) is 0 Å². The Morgan fingerprint density at radius 3 is 2.80 bits per heavy atom. The largest absolute Gasteiger partial charge is 0.381 e. The van der Waals surface area contributed by atoms with Gasteiger partial charge in [0.2, 0.25) is 0 Å². The molecule has 60 valence electrons. The van der Waals surface area contributed by atoms with Crippen molar-refractivity contribution in [3.05, 3.63) is 0 Å². The van der Waals surface area contributed by atoms with Gasteiger partial charge in [-0.15, -0.1) is 0 Å². The van der Waals surface area contributed by atoms with Gasteiger partial charge in [-0.05, 0) is 6.42 Å². The summed E-state index contributed by atoms with van der Waals surface area (Å²) >= 11 is 0. The summed E-state index contributed by atoms with van der Waals surface area (Å²) in [6, 6.07) is 1.36. The second kappa shape index (κ2) is 4.88. The van der Waals surface area contributed by atoms with Crippen molar-refractivity contribution < 1.29 is 9.47 Å². The van der Waals surface area contributed by atoms with Crippen molar-refractivity contribution >= 4 is 10.2 Å². The van der Waals surface area contributed by atoms with Crippen molar-refractivity contribution in [2.45, 2.75) is 12.5 Å². The molecule has 10 heavy (non-hydrogen) atoms. The van der Waals surface area contributed by atoms with Gasteiger partial charge < -0.3 is 9.47 Å². The van der Waals surface area contributed by atoms with E-state index in [4.69, 9.17) is 9.47 Å². The van der Waals surface area contributed by atoms with Crippen LogP contribution in [0.15, 0.2) is 0 Å². The molecular weight excluding hydrogens is 144 g/mol. The number of hydrogen-bond donors (Lipinski definition) is 0. The van der Waals surface area contributed by atoms with Crippen LogP contribution in [0.1, 0.15) is 6.42 Å². The molecule has 1 fully saturated rings. The third-order valence-corrected chi connectivity index (χ3v) is 2.41. The lowest BCUT2D eigenvalue weighted by atomic mass is 10.1. The van der Waals surface area contributed by atoms with E-state index >= 15 is 0 Å². The van der Waals surface area contributed by atoms with E-state index in [-0.39, 0.29) is 0 Å². The van der Waals surface area contributed by atoms with Gasteiger partial charge >= 0.3 is 0 Å². The van der Waals surface area contributed by atoms with E-state index < -0.39 is 0 Å². The van der Waals surface area contributed by atoms with Crippen molar-refractivity contribution in [3.8, 4) is 0 Å². The molecule has 1 aliphatic heterocycles. The Balaban J connectivity index is 1.76. The Kier molecular flexibility index (Phi) is 4.02. The van der Waals surface area contributed by atoms with Crippen LogP contribution in [0.25, 0.3) is 0 Å². The molecule has 2 nitrogen and oxygen atoms in total. The molecule has 0 saturated carbocycles. The Morgan fingerprint density at radius 2 is 2.30 bits per heavy atom. The zero-order valence-electron chi connectivity index (χ0n) is 6.64. The lowest BCUT2D eigenvalue weighted by Gasteiger charge is -2.25. The van der Waals surface area contributed by atoms with Crippen LogP contribution in [-0.2, 0) is 9.47 Å². The predicted molar refractivity (Wildman–Crippen MR) is 44.5 cm³/mol. The molecule has 1 heterocycles. The first-order chi connectivity index (χ1) is 4.93. The molecule has 0 atom stereocenters. The smallest absolute Gasteiger partial charge is 0.0538 e. The zero-order chi connectivity index (χ0) is 7.23. The SMILES string of the molecule is [SiH3]CCCOCC1COC1. The van der Waals surface area contributed by atoms with E-state index in [1.165, 1.54) is 22.7 Å². The highest BCUT2D eigenvalue weighted by molar-refractivity contribution is 6.08. The van der Waals surface area contributed by atoms with Gasteiger partial charge in [0.1, 0.15) is 0 Å². The normalized spacial score (nSPS) is 19.2. The molecule has 0 N–H and O–H groups in total. The molecule has 0 aromatic rings. The van der Waals surface area contributed by atoms with Gasteiger partial charge in [0.15, 0.2) is 0 Å². The minimum absolute atomic E-state index is 0.703. The first-order valence-corrected chi connectivity index (χ1v) is 5.50. The van der Waals surface area contributed by atoms with Crippen molar-refractivity contribution in [1.82, 2.24) is 0 Å². The molecule has 0 aliphatic carbocycles. The Morgan fingerprint density at radius 1 is 1.50 bits per heavy atom. The van der Waals surface area contributed by atoms with Crippen LogP contribution >= 0.6 is 0 Å². The maximum atomic E-state index is 5.42. The van der Waals surface area contributed by atoms with Crippen LogP contribution in [0.4, 0.5) is 0 Å². The highest BCUT2D eigenvalue weighted by Gasteiger charge is 2.17. The number of ether oxygens (including phenoxy) is 2. The summed E-state index contributed by atoms with van der Waals surface area (Å²) in [4.78, 5) is 0. The van der Waals surface area contributed by atoms with Crippen LogP contribution in [0, 0.1) is 5.92 Å². The standard InChI is InChI=1S/C7H16O2Si/c10-3-1-2-8-4-7-5-9-6-7/h7H,1-6H2,10H3. The molecule has 1 aliphatic rings. The molecule has 0 amide bonds. The lowest BCUT2D eigenvalue weighted by Crippen LogP contribution is -2.31. The minimum atomic E-state index is 0.703. The zero-order valence-corrected chi connectivity index (χ0v) is 8.64. The van der Waals surface area contributed by atoms with E-state index in [1.807, 2.05) is 0 Å². The minimum Gasteiger partial charge on any atom is -0.381 e. The molecule has 0 unspecified atom stereocenters. The first kappa shape index (κ1) is 8.24. The average molecular weight is 160 g/mol. The van der Waals surface area contributed by atoms with Gasteiger partial charge in [0, 0.05) is 22.8 Å². The maximum absolute atomic E-state index is 5.42. The molecule has 0 spiro atoms. The van der Waals surface area contributed by atoms with E-state index in [9.17, 15) is 0 Å². The summed E-state index contributed by atoms with van der Waals surface area (Å²) < 4.78 is 10.4. The summed E-state index contributed by atoms with van der Waals surface area (Å²) in [6.45, 7) is 3.71. The fourth-order valence-electron chi connectivity index (χ4n) is 0.877. The van der Waals surface area contributed by atoms with E-state index in [0.29, 0.717) is 5.92 Å². The maximum Gasteiger partial charge on any atom is 0.0538 e. The highest BCUT2D eigenvalue weighted by Crippen LogP contribution is 2.09. The molecule has 1 saturated heterocycles. The van der Waals surface area contributed by atoms with Crippen LogP contribution < -0.4 is 0 Å². The van der Waals surface area contributed by atoms with Gasteiger partial charge in [-0.3, -0.25) is 0 Å². The summed E-state index contributed by atoms with van der Waals surface area (Å²) in [7, 11) is 1.31.